The Morgan fingerprint density at radius 1 is 0.933 bits per heavy atom. The van der Waals surface area contributed by atoms with Crippen LogP contribution in [0, 0.1) is 11.3 Å². The van der Waals surface area contributed by atoms with E-state index in [0.717, 1.165) is 12.8 Å². The van der Waals surface area contributed by atoms with Crippen molar-refractivity contribution in [3.8, 4) is 6.07 Å². The van der Waals surface area contributed by atoms with Crippen molar-refractivity contribution in [3.63, 3.8) is 0 Å². The molecule has 0 atom stereocenters. The molecule has 0 N–H and O–H groups in total. The Balaban J connectivity index is 3.16. The first-order chi connectivity index (χ1) is 7.41. The SMILES string of the molecule is C=CCCCCCC/C=C/C=C/CC#N. The molecule has 0 bridgehead atoms. The number of hydrogen-bond donors (Lipinski definition) is 0. The van der Waals surface area contributed by atoms with E-state index >= 15 is 0 Å². The fourth-order valence-corrected chi connectivity index (χ4v) is 1.28. The third-order valence-electron chi connectivity index (χ3n) is 2.12. The lowest BCUT2D eigenvalue weighted by Gasteiger charge is -1.95. The molecule has 0 heterocycles. The summed E-state index contributed by atoms with van der Waals surface area (Å²) in [6.45, 7) is 3.70. The van der Waals surface area contributed by atoms with Crippen molar-refractivity contribution in [2.24, 2.45) is 0 Å². The molecule has 0 rings (SSSR count). The fourth-order valence-electron chi connectivity index (χ4n) is 1.28. The topological polar surface area (TPSA) is 23.8 Å². The third kappa shape index (κ3) is 12.7. The minimum atomic E-state index is 0.506. The highest BCUT2D eigenvalue weighted by atomic mass is 14.2. The maximum atomic E-state index is 8.28. The van der Waals surface area contributed by atoms with E-state index < -0.39 is 0 Å². The zero-order valence-electron chi connectivity index (χ0n) is 9.49. The molecule has 0 amide bonds. The summed E-state index contributed by atoms with van der Waals surface area (Å²) >= 11 is 0. The Morgan fingerprint density at radius 2 is 1.60 bits per heavy atom. The molecule has 0 unspecified atom stereocenters. The Labute approximate surface area is 93.8 Å². The predicted molar refractivity (Wildman–Crippen MR) is 66.4 cm³/mol. The summed E-state index contributed by atoms with van der Waals surface area (Å²) in [6, 6.07) is 2.07. The normalized spacial score (nSPS) is 10.9. The van der Waals surface area contributed by atoms with Gasteiger partial charge in [-0.25, -0.2) is 0 Å². The van der Waals surface area contributed by atoms with Gasteiger partial charge in [-0.05, 0) is 25.7 Å². The van der Waals surface area contributed by atoms with Crippen molar-refractivity contribution >= 4 is 0 Å². The number of allylic oxidation sites excluding steroid dienone is 5. The third-order valence-corrected chi connectivity index (χ3v) is 2.12. The molecular weight excluding hydrogens is 182 g/mol. The number of nitrogens with zero attached hydrogens (tertiary/aromatic N) is 1. The van der Waals surface area contributed by atoms with E-state index in [1.54, 1.807) is 0 Å². The van der Waals surface area contributed by atoms with Gasteiger partial charge in [-0.3, -0.25) is 0 Å². The van der Waals surface area contributed by atoms with Crippen molar-refractivity contribution < 1.29 is 0 Å². The standard InChI is InChI=1S/C14H21N/c1-2-3-4-5-6-7-8-9-10-11-12-13-14-15/h2,9-12H,1,3-8,13H2/b10-9+,12-11+. The van der Waals surface area contributed by atoms with Gasteiger partial charge in [-0.1, -0.05) is 43.2 Å². The summed E-state index contributed by atoms with van der Waals surface area (Å²) < 4.78 is 0. The molecule has 0 aromatic heterocycles. The summed E-state index contributed by atoms with van der Waals surface area (Å²) in [5.41, 5.74) is 0. The van der Waals surface area contributed by atoms with Gasteiger partial charge in [-0.2, -0.15) is 5.26 Å². The molecule has 1 nitrogen and oxygen atoms in total. The van der Waals surface area contributed by atoms with Gasteiger partial charge in [0.25, 0.3) is 0 Å². The quantitative estimate of drug-likeness (QED) is 0.306. The lowest BCUT2D eigenvalue weighted by Crippen LogP contribution is -1.76. The lowest BCUT2D eigenvalue weighted by atomic mass is 10.1. The van der Waals surface area contributed by atoms with Crippen LogP contribution in [-0.4, -0.2) is 0 Å². The first-order valence-electron chi connectivity index (χ1n) is 5.71. The summed E-state index contributed by atoms with van der Waals surface area (Å²) in [6.07, 6.45) is 18.0. The summed E-state index contributed by atoms with van der Waals surface area (Å²) in [7, 11) is 0. The Bertz CT molecular complexity index is 230. The molecule has 0 aliphatic carbocycles. The minimum absolute atomic E-state index is 0.506. The lowest BCUT2D eigenvalue weighted by molar-refractivity contribution is 0.652. The summed E-state index contributed by atoms with van der Waals surface area (Å²) in [5.74, 6) is 0. The van der Waals surface area contributed by atoms with Crippen molar-refractivity contribution in [2.75, 3.05) is 0 Å². The zero-order valence-corrected chi connectivity index (χ0v) is 9.49. The number of rotatable bonds is 9. The first kappa shape index (κ1) is 13.7. The van der Waals surface area contributed by atoms with Crippen LogP contribution in [0.3, 0.4) is 0 Å². The minimum Gasteiger partial charge on any atom is -0.198 e. The van der Waals surface area contributed by atoms with Gasteiger partial charge < -0.3 is 0 Å². The molecule has 0 aromatic carbocycles. The molecule has 0 saturated heterocycles. The average molecular weight is 203 g/mol. The smallest absolute Gasteiger partial charge is 0.0663 e. The Hall–Kier alpha value is -1.29. The van der Waals surface area contributed by atoms with Gasteiger partial charge in [0.2, 0.25) is 0 Å². The zero-order chi connectivity index (χ0) is 11.2. The van der Waals surface area contributed by atoms with Crippen LogP contribution in [0.5, 0.6) is 0 Å². The molecule has 0 aliphatic heterocycles. The molecule has 82 valence electrons. The van der Waals surface area contributed by atoms with Gasteiger partial charge in [0.05, 0.1) is 12.5 Å². The average Bonchev–Trinajstić information content (AvgIpc) is 2.26. The monoisotopic (exact) mass is 203 g/mol. The van der Waals surface area contributed by atoms with Crippen molar-refractivity contribution in [1.29, 1.82) is 5.26 Å². The second-order valence-corrected chi connectivity index (χ2v) is 3.50. The Morgan fingerprint density at radius 3 is 2.27 bits per heavy atom. The molecular formula is C14H21N. The van der Waals surface area contributed by atoms with E-state index in [0.29, 0.717) is 6.42 Å². The second-order valence-electron chi connectivity index (χ2n) is 3.50. The predicted octanol–water partition coefficient (Wildman–Crippen LogP) is 4.54. The molecule has 0 aromatic rings. The number of hydrogen-bond acceptors (Lipinski definition) is 1. The van der Waals surface area contributed by atoms with Gasteiger partial charge >= 0.3 is 0 Å². The molecule has 0 radical (unpaired) electrons. The second kappa shape index (κ2) is 12.7. The Kier molecular flexibility index (Phi) is 11.6. The molecule has 15 heavy (non-hydrogen) atoms. The van der Waals surface area contributed by atoms with Crippen LogP contribution >= 0.6 is 0 Å². The number of unbranched alkanes of at least 4 members (excludes halogenated alkanes) is 5. The molecule has 0 fully saturated rings. The molecule has 0 saturated carbocycles. The molecule has 0 aliphatic rings. The van der Waals surface area contributed by atoms with E-state index in [1.807, 2.05) is 24.3 Å². The van der Waals surface area contributed by atoms with Crippen LogP contribution in [0.25, 0.3) is 0 Å². The molecule has 0 spiro atoms. The van der Waals surface area contributed by atoms with E-state index in [4.69, 9.17) is 5.26 Å². The van der Waals surface area contributed by atoms with Gasteiger partial charge in [0, 0.05) is 0 Å². The summed E-state index contributed by atoms with van der Waals surface area (Å²) in [4.78, 5) is 0. The van der Waals surface area contributed by atoms with E-state index in [9.17, 15) is 0 Å². The maximum absolute atomic E-state index is 8.28. The van der Waals surface area contributed by atoms with Crippen molar-refractivity contribution in [1.82, 2.24) is 0 Å². The highest BCUT2D eigenvalue weighted by molar-refractivity contribution is 5.04. The van der Waals surface area contributed by atoms with E-state index in [-0.39, 0.29) is 0 Å². The fraction of sp³-hybridized carbons (Fsp3) is 0.500. The van der Waals surface area contributed by atoms with Crippen LogP contribution in [0.1, 0.15) is 44.9 Å². The first-order valence-corrected chi connectivity index (χ1v) is 5.71. The number of nitriles is 1. The summed E-state index contributed by atoms with van der Waals surface area (Å²) in [5, 5.41) is 8.28. The largest absolute Gasteiger partial charge is 0.198 e. The van der Waals surface area contributed by atoms with Crippen molar-refractivity contribution in [3.05, 3.63) is 37.0 Å². The maximum Gasteiger partial charge on any atom is 0.0663 e. The van der Waals surface area contributed by atoms with Crippen molar-refractivity contribution in [2.45, 2.75) is 44.9 Å². The van der Waals surface area contributed by atoms with Crippen LogP contribution in [0.4, 0.5) is 0 Å². The van der Waals surface area contributed by atoms with Crippen LogP contribution in [0.2, 0.25) is 0 Å². The van der Waals surface area contributed by atoms with E-state index in [2.05, 4.69) is 18.7 Å². The van der Waals surface area contributed by atoms with Crippen LogP contribution in [-0.2, 0) is 0 Å². The van der Waals surface area contributed by atoms with Gasteiger partial charge in [0.15, 0.2) is 0 Å². The van der Waals surface area contributed by atoms with E-state index in [1.165, 1.54) is 25.7 Å². The van der Waals surface area contributed by atoms with Gasteiger partial charge in [0.1, 0.15) is 0 Å². The molecule has 1 heteroatoms. The van der Waals surface area contributed by atoms with Gasteiger partial charge in [-0.15, -0.1) is 6.58 Å². The highest BCUT2D eigenvalue weighted by Gasteiger charge is 1.86. The van der Waals surface area contributed by atoms with Crippen LogP contribution in [0.15, 0.2) is 37.0 Å². The van der Waals surface area contributed by atoms with Crippen LogP contribution < -0.4 is 0 Å². The highest BCUT2D eigenvalue weighted by Crippen LogP contribution is 2.05.